The van der Waals surface area contributed by atoms with Crippen LogP contribution in [0.3, 0.4) is 0 Å². The topological polar surface area (TPSA) is 103 Å². The Balaban J connectivity index is 1.20. The van der Waals surface area contributed by atoms with E-state index in [2.05, 4.69) is 37.5 Å². The summed E-state index contributed by atoms with van der Waals surface area (Å²) in [6.45, 7) is 3.11. The third-order valence-electron chi connectivity index (χ3n) is 6.30. The first-order valence-electron chi connectivity index (χ1n) is 12.4. The molecule has 3 aromatic carbocycles. The van der Waals surface area contributed by atoms with Gasteiger partial charge in [-0.25, -0.2) is 9.97 Å². The highest BCUT2D eigenvalue weighted by atomic mass is 16.5. The average molecular weight is 508 g/mol. The smallest absolute Gasteiger partial charge is 0.264 e. The maximum absolute atomic E-state index is 12.4. The first kappa shape index (κ1) is 23.6. The Morgan fingerprint density at radius 3 is 2.55 bits per heavy atom. The number of hydrogen-bond donors (Lipinski definition) is 1. The van der Waals surface area contributed by atoms with Gasteiger partial charge in [0.2, 0.25) is 5.95 Å². The molecule has 1 N–H and O–H groups in total. The van der Waals surface area contributed by atoms with Crippen molar-refractivity contribution in [3.63, 3.8) is 0 Å². The third-order valence-corrected chi connectivity index (χ3v) is 6.30. The molecule has 0 saturated carbocycles. The third kappa shape index (κ3) is 5.18. The Morgan fingerprint density at radius 1 is 0.947 bits per heavy atom. The van der Waals surface area contributed by atoms with Gasteiger partial charge in [-0.2, -0.15) is 0 Å². The molecule has 9 nitrogen and oxygen atoms in total. The first-order valence-corrected chi connectivity index (χ1v) is 12.4. The number of nitrogens with one attached hydrogen (secondary N) is 1. The van der Waals surface area contributed by atoms with Gasteiger partial charge in [0, 0.05) is 36.1 Å². The van der Waals surface area contributed by atoms with Gasteiger partial charge in [-0.3, -0.25) is 10.1 Å². The maximum Gasteiger partial charge on any atom is 0.264 e. The molecule has 5 aromatic rings. The van der Waals surface area contributed by atoms with E-state index in [9.17, 15) is 4.79 Å². The van der Waals surface area contributed by atoms with E-state index < -0.39 is 0 Å². The lowest BCUT2D eigenvalue weighted by Gasteiger charge is -2.28. The average Bonchev–Trinajstić information content (AvgIpc) is 3.41. The molecular weight excluding hydrogens is 482 g/mol. The fraction of sp³-hybridized carbons (Fsp3) is 0.172. The number of rotatable bonds is 7. The number of amides is 1. The summed E-state index contributed by atoms with van der Waals surface area (Å²) in [6, 6.07) is 25.0. The standard InChI is InChI=1S/C29H25N5O4/c35-27(19-37-23-4-2-1-3-5-23)32-29-30-13-12-25(31-29)21-8-11-26-24(18-21)28(38-33-26)20-6-9-22(10-7-20)34-14-16-36-17-15-34/h1-13,18H,14-17,19H2,(H,30,31,32,35). The zero-order chi connectivity index (χ0) is 25.7. The van der Waals surface area contributed by atoms with Crippen molar-refractivity contribution >= 4 is 28.4 Å². The van der Waals surface area contributed by atoms with Gasteiger partial charge in [-0.05, 0) is 54.6 Å². The number of fused-ring (bicyclic) bond motifs is 1. The monoisotopic (exact) mass is 507 g/mol. The molecule has 1 aliphatic rings. The summed E-state index contributed by atoms with van der Waals surface area (Å²) in [5, 5.41) is 7.81. The Hall–Kier alpha value is -4.76. The Labute approximate surface area is 219 Å². The number of hydrogen-bond acceptors (Lipinski definition) is 8. The lowest BCUT2D eigenvalue weighted by atomic mass is 10.0. The number of carbonyl (C=O) groups is 1. The molecule has 2 aromatic heterocycles. The van der Waals surface area contributed by atoms with Crippen LogP contribution >= 0.6 is 0 Å². The number of anilines is 2. The second-order valence-corrected chi connectivity index (χ2v) is 8.81. The van der Waals surface area contributed by atoms with E-state index in [4.69, 9.17) is 14.0 Å². The van der Waals surface area contributed by atoms with Crippen LogP contribution in [0.25, 0.3) is 33.5 Å². The molecule has 0 radical (unpaired) electrons. The van der Waals surface area contributed by atoms with Gasteiger partial charge in [0.15, 0.2) is 12.4 Å². The fourth-order valence-electron chi connectivity index (χ4n) is 4.36. The van der Waals surface area contributed by atoms with Gasteiger partial charge in [-0.1, -0.05) is 29.4 Å². The van der Waals surface area contributed by atoms with Gasteiger partial charge in [-0.15, -0.1) is 0 Å². The van der Waals surface area contributed by atoms with Gasteiger partial charge in [0.1, 0.15) is 11.3 Å². The normalized spacial score (nSPS) is 13.4. The van der Waals surface area contributed by atoms with Gasteiger partial charge < -0.3 is 18.9 Å². The molecule has 1 amide bonds. The second-order valence-electron chi connectivity index (χ2n) is 8.81. The SMILES string of the molecule is O=C(COc1ccccc1)Nc1nccc(-c2ccc3noc(-c4ccc(N5CCOCC5)cc4)c3c2)n1. The number of nitrogens with zero attached hydrogens (tertiary/aromatic N) is 4. The molecule has 1 aliphatic heterocycles. The minimum absolute atomic E-state index is 0.141. The molecule has 9 heteroatoms. The van der Waals surface area contributed by atoms with E-state index in [1.54, 1.807) is 24.4 Å². The molecule has 0 unspecified atom stereocenters. The summed E-state index contributed by atoms with van der Waals surface area (Å²) in [6.07, 6.45) is 1.61. The number of para-hydroxylation sites is 1. The van der Waals surface area contributed by atoms with Crippen LogP contribution in [0.15, 0.2) is 89.6 Å². The summed E-state index contributed by atoms with van der Waals surface area (Å²) in [5.74, 6) is 1.17. The van der Waals surface area contributed by atoms with E-state index in [-0.39, 0.29) is 18.5 Å². The highest BCUT2D eigenvalue weighted by Gasteiger charge is 2.15. The second kappa shape index (κ2) is 10.7. The van der Waals surface area contributed by atoms with Crippen LogP contribution in [0, 0.1) is 0 Å². The molecule has 190 valence electrons. The highest BCUT2D eigenvalue weighted by molar-refractivity contribution is 5.94. The Bertz CT molecular complexity index is 1550. The molecule has 3 heterocycles. The predicted octanol–water partition coefficient (Wildman–Crippen LogP) is 4.81. The van der Waals surface area contributed by atoms with Gasteiger partial charge in [0.25, 0.3) is 5.91 Å². The van der Waals surface area contributed by atoms with Crippen molar-refractivity contribution in [1.29, 1.82) is 0 Å². The van der Waals surface area contributed by atoms with Gasteiger partial charge >= 0.3 is 0 Å². The van der Waals surface area contributed by atoms with Crippen LogP contribution in [0.2, 0.25) is 0 Å². The molecule has 1 fully saturated rings. The Morgan fingerprint density at radius 2 is 1.74 bits per heavy atom. The van der Waals surface area contributed by atoms with Crippen LogP contribution in [0.4, 0.5) is 11.6 Å². The highest BCUT2D eigenvalue weighted by Crippen LogP contribution is 2.33. The minimum atomic E-state index is -0.344. The number of carbonyl (C=O) groups excluding carboxylic acids is 1. The largest absolute Gasteiger partial charge is 0.484 e. The van der Waals surface area contributed by atoms with Crippen molar-refractivity contribution in [2.75, 3.05) is 43.1 Å². The lowest BCUT2D eigenvalue weighted by molar-refractivity contribution is -0.118. The van der Waals surface area contributed by atoms with E-state index in [1.165, 1.54) is 0 Å². The number of morpholine rings is 1. The molecule has 0 aliphatic carbocycles. The molecule has 6 rings (SSSR count). The molecule has 38 heavy (non-hydrogen) atoms. The van der Waals surface area contributed by atoms with Crippen molar-refractivity contribution < 1.29 is 18.8 Å². The lowest BCUT2D eigenvalue weighted by Crippen LogP contribution is -2.36. The van der Waals surface area contributed by atoms with E-state index in [0.717, 1.165) is 54.0 Å². The zero-order valence-electron chi connectivity index (χ0n) is 20.5. The van der Waals surface area contributed by atoms with E-state index in [1.807, 2.05) is 48.5 Å². The fourth-order valence-corrected chi connectivity index (χ4v) is 4.36. The van der Waals surface area contributed by atoms with Gasteiger partial charge in [0.05, 0.1) is 24.3 Å². The zero-order valence-corrected chi connectivity index (χ0v) is 20.5. The van der Waals surface area contributed by atoms with Crippen molar-refractivity contribution in [3.05, 3.63) is 85.1 Å². The summed E-state index contributed by atoms with van der Waals surface area (Å²) in [5.41, 5.74) is 4.37. The van der Waals surface area contributed by atoms with Crippen molar-refractivity contribution in [3.8, 4) is 28.3 Å². The van der Waals surface area contributed by atoms with Crippen LogP contribution in [-0.2, 0) is 9.53 Å². The summed E-state index contributed by atoms with van der Waals surface area (Å²) < 4.78 is 16.7. The van der Waals surface area contributed by atoms with E-state index >= 15 is 0 Å². The molecular formula is C29H25N5O4. The summed E-state index contributed by atoms with van der Waals surface area (Å²) in [4.78, 5) is 23.4. The predicted molar refractivity (Wildman–Crippen MR) is 144 cm³/mol. The number of ether oxygens (including phenoxy) is 2. The quantitative estimate of drug-likeness (QED) is 0.335. The van der Waals surface area contributed by atoms with Crippen LogP contribution < -0.4 is 15.0 Å². The minimum Gasteiger partial charge on any atom is -0.484 e. The summed E-state index contributed by atoms with van der Waals surface area (Å²) >= 11 is 0. The number of benzene rings is 3. The van der Waals surface area contributed by atoms with E-state index in [0.29, 0.717) is 17.2 Å². The van der Waals surface area contributed by atoms with Crippen LogP contribution in [0.5, 0.6) is 5.75 Å². The first-order chi connectivity index (χ1) is 18.7. The molecule has 0 spiro atoms. The Kier molecular flexibility index (Phi) is 6.65. The number of aromatic nitrogens is 3. The van der Waals surface area contributed by atoms with Crippen molar-refractivity contribution in [2.45, 2.75) is 0 Å². The molecule has 0 bridgehead atoms. The van der Waals surface area contributed by atoms with Crippen molar-refractivity contribution in [2.24, 2.45) is 0 Å². The molecule has 0 atom stereocenters. The van der Waals surface area contributed by atoms with Crippen LogP contribution in [-0.4, -0.2) is 53.9 Å². The van der Waals surface area contributed by atoms with Crippen molar-refractivity contribution in [1.82, 2.24) is 15.1 Å². The maximum atomic E-state index is 12.4. The molecule has 1 saturated heterocycles. The summed E-state index contributed by atoms with van der Waals surface area (Å²) in [7, 11) is 0. The van der Waals surface area contributed by atoms with Crippen LogP contribution in [0.1, 0.15) is 0 Å².